The topological polar surface area (TPSA) is 78.4 Å². The Balaban J connectivity index is 1.81. The Labute approximate surface area is 137 Å². The van der Waals surface area contributed by atoms with Gasteiger partial charge in [0.05, 0.1) is 6.54 Å². The molecule has 1 aliphatic rings. The van der Waals surface area contributed by atoms with Gasteiger partial charge in [0.15, 0.2) is 0 Å². The van der Waals surface area contributed by atoms with Gasteiger partial charge in [-0.25, -0.2) is 0 Å². The molecule has 0 saturated heterocycles. The molecule has 1 aliphatic carbocycles. The van der Waals surface area contributed by atoms with Gasteiger partial charge in [-0.15, -0.1) is 0 Å². The lowest BCUT2D eigenvalue weighted by molar-refractivity contribution is -0.123. The summed E-state index contributed by atoms with van der Waals surface area (Å²) in [6, 6.07) is 7.87. The number of aliphatic hydroxyl groups is 1. The Hall–Kier alpha value is -1.88. The van der Waals surface area contributed by atoms with Crippen molar-refractivity contribution in [2.24, 2.45) is 0 Å². The van der Waals surface area contributed by atoms with Gasteiger partial charge in [-0.05, 0) is 43.7 Å². The second-order valence-corrected chi connectivity index (χ2v) is 6.13. The fraction of sp³-hybridized carbons (Fsp3) is 0.556. The fourth-order valence-electron chi connectivity index (χ4n) is 3.11. The highest BCUT2D eigenvalue weighted by molar-refractivity contribution is 5.78. The summed E-state index contributed by atoms with van der Waals surface area (Å²) in [7, 11) is 0. The summed E-state index contributed by atoms with van der Waals surface area (Å²) in [5.41, 5.74) is 1.10. The molecule has 0 aliphatic heterocycles. The number of benzene rings is 1. The Morgan fingerprint density at radius 2 is 1.87 bits per heavy atom. The molecule has 5 heteroatoms. The molecular formula is C18H26N2O3. The highest BCUT2D eigenvalue weighted by Gasteiger charge is 2.34. The van der Waals surface area contributed by atoms with Gasteiger partial charge in [0.1, 0.15) is 5.60 Å². The van der Waals surface area contributed by atoms with Crippen LogP contribution in [0.3, 0.4) is 0 Å². The van der Waals surface area contributed by atoms with E-state index in [0.717, 1.165) is 24.0 Å². The molecule has 0 aromatic heterocycles. The number of carbonyl (C=O) groups is 2. The molecule has 2 rings (SSSR count). The van der Waals surface area contributed by atoms with Crippen molar-refractivity contribution in [2.75, 3.05) is 13.1 Å². The SMILES string of the molecule is CCNC(=O)CCCC(=O)NCC1(O)CCCc2ccccc21. The van der Waals surface area contributed by atoms with Crippen molar-refractivity contribution in [3.05, 3.63) is 35.4 Å². The molecule has 0 bridgehead atoms. The first-order chi connectivity index (χ1) is 11.0. The van der Waals surface area contributed by atoms with Crippen molar-refractivity contribution in [3.8, 4) is 0 Å². The van der Waals surface area contributed by atoms with Gasteiger partial charge >= 0.3 is 0 Å². The van der Waals surface area contributed by atoms with Crippen molar-refractivity contribution < 1.29 is 14.7 Å². The molecule has 126 valence electrons. The Kier molecular flexibility index (Phi) is 6.16. The van der Waals surface area contributed by atoms with E-state index in [9.17, 15) is 14.7 Å². The summed E-state index contributed by atoms with van der Waals surface area (Å²) in [5, 5.41) is 16.4. The number of aryl methyl sites for hydroxylation is 1. The van der Waals surface area contributed by atoms with Crippen molar-refractivity contribution in [2.45, 2.75) is 51.0 Å². The Morgan fingerprint density at radius 1 is 1.17 bits per heavy atom. The summed E-state index contributed by atoms with van der Waals surface area (Å²) < 4.78 is 0. The van der Waals surface area contributed by atoms with E-state index < -0.39 is 5.60 Å². The monoisotopic (exact) mass is 318 g/mol. The minimum atomic E-state index is -0.982. The molecule has 0 saturated carbocycles. The lowest BCUT2D eigenvalue weighted by Crippen LogP contribution is -2.43. The number of carbonyl (C=O) groups excluding carboxylic acids is 2. The van der Waals surface area contributed by atoms with Gasteiger partial charge in [-0.3, -0.25) is 9.59 Å². The second kappa shape index (κ2) is 8.11. The number of hydrogen-bond acceptors (Lipinski definition) is 3. The van der Waals surface area contributed by atoms with Crippen molar-refractivity contribution in [1.29, 1.82) is 0 Å². The third-order valence-corrected chi connectivity index (χ3v) is 4.31. The van der Waals surface area contributed by atoms with Gasteiger partial charge in [0.2, 0.25) is 11.8 Å². The third kappa shape index (κ3) is 4.79. The average molecular weight is 318 g/mol. The molecule has 3 N–H and O–H groups in total. The molecule has 23 heavy (non-hydrogen) atoms. The van der Waals surface area contributed by atoms with E-state index in [4.69, 9.17) is 0 Å². The summed E-state index contributed by atoms with van der Waals surface area (Å²) in [6.45, 7) is 2.70. The lowest BCUT2D eigenvalue weighted by atomic mass is 9.79. The molecule has 0 fully saturated rings. The van der Waals surface area contributed by atoms with Gasteiger partial charge in [-0.2, -0.15) is 0 Å². The number of amides is 2. The van der Waals surface area contributed by atoms with Gasteiger partial charge in [0.25, 0.3) is 0 Å². The molecular weight excluding hydrogens is 292 g/mol. The lowest BCUT2D eigenvalue weighted by Gasteiger charge is -2.34. The quantitative estimate of drug-likeness (QED) is 0.715. The van der Waals surface area contributed by atoms with Crippen LogP contribution in [0.4, 0.5) is 0 Å². The smallest absolute Gasteiger partial charge is 0.220 e. The molecule has 1 atom stereocenters. The van der Waals surface area contributed by atoms with Gasteiger partial charge in [-0.1, -0.05) is 24.3 Å². The van der Waals surface area contributed by atoms with E-state index in [-0.39, 0.29) is 18.4 Å². The van der Waals surface area contributed by atoms with Crippen LogP contribution in [-0.2, 0) is 21.6 Å². The first kappa shape index (κ1) is 17.5. The summed E-state index contributed by atoms with van der Waals surface area (Å²) in [5.74, 6) is -0.147. The zero-order chi connectivity index (χ0) is 16.7. The van der Waals surface area contributed by atoms with Crippen LogP contribution in [-0.4, -0.2) is 30.0 Å². The van der Waals surface area contributed by atoms with Crippen LogP contribution in [0.15, 0.2) is 24.3 Å². The molecule has 0 heterocycles. The van der Waals surface area contributed by atoms with E-state index in [1.165, 1.54) is 0 Å². The van der Waals surface area contributed by atoms with Gasteiger partial charge < -0.3 is 15.7 Å². The first-order valence-electron chi connectivity index (χ1n) is 8.39. The molecule has 1 aromatic carbocycles. The van der Waals surface area contributed by atoms with Gasteiger partial charge in [0, 0.05) is 19.4 Å². The van der Waals surface area contributed by atoms with E-state index in [2.05, 4.69) is 10.6 Å². The van der Waals surface area contributed by atoms with Crippen LogP contribution in [0.25, 0.3) is 0 Å². The second-order valence-electron chi connectivity index (χ2n) is 6.13. The molecule has 5 nitrogen and oxygen atoms in total. The highest BCUT2D eigenvalue weighted by atomic mass is 16.3. The maximum atomic E-state index is 11.9. The maximum Gasteiger partial charge on any atom is 0.220 e. The van der Waals surface area contributed by atoms with Crippen molar-refractivity contribution in [3.63, 3.8) is 0 Å². The molecule has 1 aromatic rings. The fourth-order valence-corrected chi connectivity index (χ4v) is 3.11. The van der Waals surface area contributed by atoms with E-state index >= 15 is 0 Å². The first-order valence-corrected chi connectivity index (χ1v) is 8.39. The average Bonchev–Trinajstić information content (AvgIpc) is 2.54. The van der Waals surface area contributed by atoms with Crippen LogP contribution in [0, 0.1) is 0 Å². The van der Waals surface area contributed by atoms with Crippen LogP contribution in [0.1, 0.15) is 50.2 Å². The number of fused-ring (bicyclic) bond motifs is 1. The van der Waals surface area contributed by atoms with Crippen LogP contribution >= 0.6 is 0 Å². The number of nitrogens with one attached hydrogen (secondary N) is 2. The largest absolute Gasteiger partial charge is 0.383 e. The van der Waals surface area contributed by atoms with Crippen molar-refractivity contribution >= 4 is 11.8 Å². The number of rotatable bonds is 7. The minimum Gasteiger partial charge on any atom is -0.383 e. The van der Waals surface area contributed by atoms with Crippen LogP contribution in [0.2, 0.25) is 0 Å². The summed E-state index contributed by atoms with van der Waals surface area (Å²) in [6.07, 6.45) is 3.72. The normalized spacial score (nSPS) is 19.7. The summed E-state index contributed by atoms with van der Waals surface area (Å²) >= 11 is 0. The van der Waals surface area contributed by atoms with Crippen molar-refractivity contribution in [1.82, 2.24) is 10.6 Å². The van der Waals surface area contributed by atoms with E-state index in [0.29, 0.717) is 32.2 Å². The Bertz CT molecular complexity index is 559. The zero-order valence-electron chi connectivity index (χ0n) is 13.7. The standard InChI is InChI=1S/C18H26N2O3/c1-2-19-16(21)10-5-11-17(22)20-13-18(23)12-6-8-14-7-3-4-9-15(14)18/h3-4,7,9,23H,2,5-6,8,10-13H2,1H3,(H,19,21)(H,20,22). The molecule has 2 amide bonds. The van der Waals surface area contributed by atoms with E-state index in [1.54, 1.807) is 0 Å². The molecule has 0 radical (unpaired) electrons. The predicted octanol–water partition coefficient (Wildman–Crippen LogP) is 1.63. The Morgan fingerprint density at radius 3 is 2.61 bits per heavy atom. The third-order valence-electron chi connectivity index (χ3n) is 4.31. The van der Waals surface area contributed by atoms with Crippen LogP contribution in [0.5, 0.6) is 0 Å². The molecule has 0 spiro atoms. The maximum absolute atomic E-state index is 11.9. The molecule has 1 unspecified atom stereocenters. The zero-order valence-corrected chi connectivity index (χ0v) is 13.7. The summed E-state index contributed by atoms with van der Waals surface area (Å²) in [4.78, 5) is 23.3. The number of hydrogen-bond donors (Lipinski definition) is 3. The minimum absolute atomic E-state index is 0.0277. The van der Waals surface area contributed by atoms with E-state index in [1.807, 2.05) is 31.2 Å². The predicted molar refractivity (Wildman–Crippen MR) is 88.8 cm³/mol. The highest BCUT2D eigenvalue weighted by Crippen LogP contribution is 2.34. The van der Waals surface area contributed by atoms with Crippen LogP contribution < -0.4 is 10.6 Å².